The molecule has 2 aromatic carbocycles. The van der Waals surface area contributed by atoms with E-state index in [4.69, 9.17) is 13.9 Å². The molecule has 144 valence electrons. The van der Waals surface area contributed by atoms with Crippen LogP contribution in [0.3, 0.4) is 0 Å². The van der Waals surface area contributed by atoms with E-state index in [1.165, 1.54) is 25.3 Å². The summed E-state index contributed by atoms with van der Waals surface area (Å²) in [4.78, 5) is 36.6. The molecule has 1 heterocycles. The van der Waals surface area contributed by atoms with E-state index in [9.17, 15) is 14.4 Å². The van der Waals surface area contributed by atoms with Crippen LogP contribution in [0, 0.1) is 0 Å². The number of amides is 1. The van der Waals surface area contributed by atoms with Crippen LogP contribution in [0.5, 0.6) is 5.75 Å². The number of fused-ring (bicyclic) bond motifs is 1. The Morgan fingerprint density at radius 2 is 1.79 bits per heavy atom. The Labute approximate surface area is 160 Å². The van der Waals surface area contributed by atoms with Gasteiger partial charge >= 0.3 is 11.6 Å². The zero-order valence-corrected chi connectivity index (χ0v) is 15.6. The second kappa shape index (κ2) is 7.96. The fourth-order valence-corrected chi connectivity index (χ4v) is 2.61. The molecule has 7 heteroatoms. The number of carbonyl (C=O) groups excluding carboxylic acids is 2. The van der Waals surface area contributed by atoms with Gasteiger partial charge in [-0.05, 0) is 50.2 Å². The van der Waals surface area contributed by atoms with E-state index in [1.54, 1.807) is 44.2 Å². The van der Waals surface area contributed by atoms with Crippen LogP contribution in [0.4, 0.5) is 5.69 Å². The van der Waals surface area contributed by atoms with Crippen molar-refractivity contribution in [2.24, 2.45) is 0 Å². The number of nitrogens with one attached hydrogen (secondary N) is 1. The SMILES string of the molecule is COc1cccc2cc(C(=O)Nc3ccc(C(=O)OC(C)C)cc3)c(=O)oc12. The number of carbonyl (C=O) groups is 2. The van der Waals surface area contributed by atoms with Gasteiger partial charge in [-0.25, -0.2) is 9.59 Å². The normalized spacial score (nSPS) is 10.7. The Hall–Kier alpha value is -3.61. The van der Waals surface area contributed by atoms with E-state index in [1.807, 2.05) is 0 Å². The maximum absolute atomic E-state index is 12.5. The highest BCUT2D eigenvalue weighted by molar-refractivity contribution is 6.05. The first-order chi connectivity index (χ1) is 13.4. The van der Waals surface area contributed by atoms with Gasteiger partial charge in [0.25, 0.3) is 5.91 Å². The van der Waals surface area contributed by atoms with Crippen molar-refractivity contribution in [3.63, 3.8) is 0 Å². The Morgan fingerprint density at radius 1 is 1.07 bits per heavy atom. The van der Waals surface area contributed by atoms with Crippen LogP contribution in [0.25, 0.3) is 11.0 Å². The van der Waals surface area contributed by atoms with Gasteiger partial charge < -0.3 is 19.2 Å². The number of benzene rings is 2. The van der Waals surface area contributed by atoms with Crippen LogP contribution in [0.15, 0.2) is 57.7 Å². The minimum atomic E-state index is -0.772. The van der Waals surface area contributed by atoms with Crippen molar-refractivity contribution in [3.05, 3.63) is 70.1 Å². The van der Waals surface area contributed by atoms with Gasteiger partial charge in [-0.3, -0.25) is 4.79 Å². The predicted molar refractivity (Wildman–Crippen MR) is 104 cm³/mol. The fraction of sp³-hybridized carbons (Fsp3) is 0.190. The molecule has 3 aromatic rings. The zero-order valence-electron chi connectivity index (χ0n) is 15.6. The van der Waals surface area contributed by atoms with Gasteiger partial charge in [-0.2, -0.15) is 0 Å². The lowest BCUT2D eigenvalue weighted by Gasteiger charge is -2.09. The molecular weight excluding hydrogens is 362 g/mol. The summed E-state index contributed by atoms with van der Waals surface area (Å²) >= 11 is 0. The van der Waals surface area contributed by atoms with Crippen molar-refractivity contribution in [3.8, 4) is 5.75 Å². The van der Waals surface area contributed by atoms with E-state index >= 15 is 0 Å². The van der Waals surface area contributed by atoms with Gasteiger partial charge in [-0.15, -0.1) is 0 Å². The molecule has 0 aliphatic carbocycles. The summed E-state index contributed by atoms with van der Waals surface area (Å²) < 4.78 is 15.5. The number of rotatable bonds is 5. The van der Waals surface area contributed by atoms with Crippen molar-refractivity contribution < 1.29 is 23.5 Å². The fourth-order valence-electron chi connectivity index (χ4n) is 2.61. The third-order valence-corrected chi connectivity index (χ3v) is 3.91. The zero-order chi connectivity index (χ0) is 20.3. The summed E-state index contributed by atoms with van der Waals surface area (Å²) in [6.45, 7) is 3.52. The van der Waals surface area contributed by atoms with Crippen LogP contribution >= 0.6 is 0 Å². The molecule has 0 radical (unpaired) electrons. The predicted octanol–water partition coefficient (Wildman–Crippen LogP) is 3.62. The molecule has 0 atom stereocenters. The monoisotopic (exact) mass is 381 g/mol. The van der Waals surface area contributed by atoms with Gasteiger partial charge in [0.1, 0.15) is 5.56 Å². The Bertz CT molecular complexity index is 1080. The van der Waals surface area contributed by atoms with E-state index < -0.39 is 17.5 Å². The summed E-state index contributed by atoms with van der Waals surface area (Å²) in [6.07, 6.45) is -0.224. The highest BCUT2D eigenvalue weighted by atomic mass is 16.5. The Morgan fingerprint density at radius 3 is 2.43 bits per heavy atom. The topological polar surface area (TPSA) is 94.8 Å². The Balaban J connectivity index is 1.82. The van der Waals surface area contributed by atoms with Crippen LogP contribution in [-0.2, 0) is 4.74 Å². The van der Waals surface area contributed by atoms with Gasteiger partial charge in [0, 0.05) is 11.1 Å². The molecule has 3 rings (SSSR count). The molecule has 7 nitrogen and oxygen atoms in total. The van der Waals surface area contributed by atoms with E-state index in [0.717, 1.165) is 0 Å². The van der Waals surface area contributed by atoms with Crippen molar-refractivity contribution in [1.82, 2.24) is 0 Å². The maximum atomic E-state index is 12.5. The van der Waals surface area contributed by atoms with E-state index in [2.05, 4.69) is 5.32 Å². The van der Waals surface area contributed by atoms with Crippen LogP contribution < -0.4 is 15.7 Å². The lowest BCUT2D eigenvalue weighted by molar-refractivity contribution is 0.0378. The summed E-state index contributed by atoms with van der Waals surface area (Å²) in [7, 11) is 1.47. The third kappa shape index (κ3) is 4.03. The van der Waals surface area contributed by atoms with Crippen molar-refractivity contribution in [2.75, 3.05) is 12.4 Å². The minimum absolute atomic E-state index is 0.135. The molecule has 1 amide bonds. The number of ether oxygens (including phenoxy) is 2. The number of hydrogen-bond acceptors (Lipinski definition) is 6. The minimum Gasteiger partial charge on any atom is -0.493 e. The average Bonchev–Trinajstić information content (AvgIpc) is 2.67. The van der Waals surface area contributed by atoms with Gasteiger partial charge in [0.15, 0.2) is 11.3 Å². The summed E-state index contributed by atoms with van der Waals surface area (Å²) in [6, 6.07) is 12.7. The average molecular weight is 381 g/mol. The number of methoxy groups -OCH3 is 1. The summed E-state index contributed by atoms with van der Waals surface area (Å²) in [5.74, 6) is -0.654. The van der Waals surface area contributed by atoms with Gasteiger partial charge in [-0.1, -0.05) is 12.1 Å². The molecule has 0 fully saturated rings. The highest BCUT2D eigenvalue weighted by Crippen LogP contribution is 2.24. The van der Waals surface area contributed by atoms with Crippen LogP contribution in [0.2, 0.25) is 0 Å². The molecule has 0 unspecified atom stereocenters. The first-order valence-electron chi connectivity index (χ1n) is 8.62. The quantitative estimate of drug-likeness (QED) is 0.536. The lowest BCUT2D eigenvalue weighted by atomic mass is 10.1. The summed E-state index contributed by atoms with van der Waals surface area (Å²) in [5.41, 5.74) is 0.162. The molecular formula is C21H19NO6. The second-order valence-electron chi connectivity index (χ2n) is 6.31. The lowest BCUT2D eigenvalue weighted by Crippen LogP contribution is -2.20. The standard InChI is InChI=1S/C21H19NO6/c1-12(2)27-20(24)13-7-9-15(10-8-13)22-19(23)16-11-14-5-4-6-17(26-3)18(14)28-21(16)25/h4-12H,1-3H3,(H,22,23). The first-order valence-corrected chi connectivity index (χ1v) is 8.62. The van der Waals surface area contributed by atoms with Crippen LogP contribution in [-0.4, -0.2) is 25.1 Å². The molecule has 0 saturated heterocycles. The van der Waals surface area contributed by atoms with E-state index in [0.29, 0.717) is 22.4 Å². The number of para-hydroxylation sites is 1. The molecule has 28 heavy (non-hydrogen) atoms. The summed E-state index contributed by atoms with van der Waals surface area (Å²) in [5, 5.41) is 3.18. The van der Waals surface area contributed by atoms with Crippen molar-refractivity contribution in [1.29, 1.82) is 0 Å². The maximum Gasteiger partial charge on any atom is 0.349 e. The molecule has 0 spiro atoms. The number of hydrogen-bond donors (Lipinski definition) is 1. The van der Waals surface area contributed by atoms with Gasteiger partial charge in [0.2, 0.25) is 0 Å². The second-order valence-corrected chi connectivity index (χ2v) is 6.31. The first kappa shape index (κ1) is 19.2. The third-order valence-electron chi connectivity index (χ3n) is 3.91. The molecule has 0 aliphatic heterocycles. The van der Waals surface area contributed by atoms with Crippen molar-refractivity contribution in [2.45, 2.75) is 20.0 Å². The highest BCUT2D eigenvalue weighted by Gasteiger charge is 2.16. The molecule has 1 N–H and O–H groups in total. The largest absolute Gasteiger partial charge is 0.493 e. The molecule has 0 bridgehead atoms. The molecule has 1 aromatic heterocycles. The molecule has 0 aliphatic rings. The number of esters is 1. The van der Waals surface area contributed by atoms with Gasteiger partial charge in [0.05, 0.1) is 18.8 Å². The smallest absolute Gasteiger partial charge is 0.349 e. The molecule has 0 saturated carbocycles. The van der Waals surface area contributed by atoms with E-state index in [-0.39, 0.29) is 17.3 Å². The number of anilines is 1. The van der Waals surface area contributed by atoms with Crippen LogP contribution in [0.1, 0.15) is 34.6 Å². The Kier molecular flexibility index (Phi) is 5.44. The van der Waals surface area contributed by atoms with Crippen molar-refractivity contribution >= 4 is 28.5 Å².